The second-order valence-corrected chi connectivity index (χ2v) is 6.00. The van der Waals surface area contributed by atoms with Crippen LogP contribution in [0.1, 0.15) is 55.1 Å². The van der Waals surface area contributed by atoms with Gasteiger partial charge in [-0.1, -0.05) is 19.8 Å². The molecule has 1 fully saturated rings. The summed E-state index contributed by atoms with van der Waals surface area (Å²) in [5.41, 5.74) is 2.49. The van der Waals surface area contributed by atoms with Gasteiger partial charge in [0.25, 0.3) is 5.91 Å². The van der Waals surface area contributed by atoms with E-state index >= 15 is 0 Å². The number of rotatable bonds is 4. The first-order valence-corrected chi connectivity index (χ1v) is 8.09. The molecule has 1 aromatic heterocycles. The van der Waals surface area contributed by atoms with Crippen molar-refractivity contribution in [1.82, 2.24) is 9.88 Å². The predicted molar refractivity (Wildman–Crippen MR) is 86.7 cm³/mol. The quantitative estimate of drug-likeness (QED) is 0.923. The summed E-state index contributed by atoms with van der Waals surface area (Å²) in [5.74, 6) is 0.900. The van der Waals surface area contributed by atoms with E-state index in [1.54, 1.807) is 6.20 Å². The molecule has 1 aliphatic rings. The first kappa shape index (κ1) is 15.8. The van der Waals surface area contributed by atoms with Crippen LogP contribution in [0, 0.1) is 12.8 Å². The Balaban J connectivity index is 2.09. The van der Waals surface area contributed by atoms with Gasteiger partial charge in [0, 0.05) is 32.0 Å². The molecule has 116 valence electrons. The Hall–Kier alpha value is -1.58. The van der Waals surface area contributed by atoms with Crippen molar-refractivity contribution in [2.75, 3.05) is 25.5 Å². The molecule has 2 rings (SSSR count). The van der Waals surface area contributed by atoms with Gasteiger partial charge in [0.15, 0.2) is 0 Å². The van der Waals surface area contributed by atoms with Crippen LogP contribution >= 0.6 is 0 Å². The van der Waals surface area contributed by atoms with E-state index in [0.717, 1.165) is 43.2 Å². The van der Waals surface area contributed by atoms with Gasteiger partial charge in [0.2, 0.25) is 0 Å². The van der Waals surface area contributed by atoms with Gasteiger partial charge in [-0.3, -0.25) is 9.78 Å². The van der Waals surface area contributed by atoms with Crippen molar-refractivity contribution in [2.24, 2.45) is 5.92 Å². The maximum atomic E-state index is 12.8. The Morgan fingerprint density at radius 3 is 2.95 bits per heavy atom. The molecule has 0 aliphatic carbocycles. The third kappa shape index (κ3) is 3.96. The standard InChI is InChI=1S/C17H27N3O/c1-4-6-14-7-5-9-20(10-8-14)17(21)15-12-19-13(2)11-16(15)18-3/h11-12,14H,4-10H2,1-3H3,(H,18,19). The van der Waals surface area contributed by atoms with Crippen molar-refractivity contribution in [3.8, 4) is 0 Å². The molecule has 2 heterocycles. The number of carbonyl (C=O) groups excluding carboxylic acids is 1. The summed E-state index contributed by atoms with van der Waals surface area (Å²) in [6.45, 7) is 5.93. The number of aromatic nitrogens is 1. The minimum Gasteiger partial charge on any atom is -0.387 e. The maximum Gasteiger partial charge on any atom is 0.257 e. The molecule has 1 N–H and O–H groups in total. The summed E-state index contributed by atoms with van der Waals surface area (Å²) in [6, 6.07) is 1.94. The highest BCUT2D eigenvalue weighted by atomic mass is 16.2. The largest absolute Gasteiger partial charge is 0.387 e. The number of carbonyl (C=O) groups is 1. The summed E-state index contributed by atoms with van der Waals surface area (Å²) >= 11 is 0. The molecular formula is C17H27N3O. The molecule has 0 bridgehead atoms. The zero-order chi connectivity index (χ0) is 15.2. The van der Waals surface area contributed by atoms with E-state index in [0.29, 0.717) is 5.56 Å². The van der Waals surface area contributed by atoms with Crippen LogP contribution < -0.4 is 5.32 Å². The molecule has 1 atom stereocenters. The highest BCUT2D eigenvalue weighted by molar-refractivity contribution is 5.99. The number of anilines is 1. The van der Waals surface area contributed by atoms with Crippen molar-refractivity contribution >= 4 is 11.6 Å². The van der Waals surface area contributed by atoms with Crippen LogP contribution in [0.4, 0.5) is 5.69 Å². The van der Waals surface area contributed by atoms with Gasteiger partial charge in [-0.2, -0.15) is 0 Å². The molecule has 1 unspecified atom stereocenters. The number of aryl methyl sites for hydroxylation is 1. The number of nitrogens with one attached hydrogen (secondary N) is 1. The van der Waals surface area contributed by atoms with Crippen molar-refractivity contribution in [3.05, 3.63) is 23.5 Å². The molecule has 1 aromatic rings. The van der Waals surface area contributed by atoms with Gasteiger partial charge in [-0.05, 0) is 38.2 Å². The number of likely N-dealkylation sites (tertiary alicyclic amines) is 1. The molecule has 4 nitrogen and oxygen atoms in total. The van der Waals surface area contributed by atoms with Crippen LogP contribution in [0.25, 0.3) is 0 Å². The average molecular weight is 289 g/mol. The Morgan fingerprint density at radius 2 is 2.24 bits per heavy atom. The van der Waals surface area contributed by atoms with Gasteiger partial charge in [0.1, 0.15) is 0 Å². The fraction of sp³-hybridized carbons (Fsp3) is 0.647. The minimum absolute atomic E-state index is 0.115. The SMILES string of the molecule is CCCC1CCCN(C(=O)c2cnc(C)cc2NC)CC1. The first-order chi connectivity index (χ1) is 10.2. The number of pyridine rings is 1. The van der Waals surface area contributed by atoms with Crippen LogP contribution in [0.15, 0.2) is 12.3 Å². The molecule has 0 aromatic carbocycles. The Kier molecular flexibility index (Phi) is 5.59. The summed E-state index contributed by atoms with van der Waals surface area (Å²) in [5, 5.41) is 3.11. The lowest BCUT2D eigenvalue weighted by molar-refractivity contribution is 0.0760. The minimum atomic E-state index is 0.115. The topological polar surface area (TPSA) is 45.2 Å². The van der Waals surface area contributed by atoms with Crippen LogP contribution in [-0.2, 0) is 0 Å². The van der Waals surface area contributed by atoms with E-state index in [2.05, 4.69) is 17.2 Å². The van der Waals surface area contributed by atoms with E-state index in [-0.39, 0.29) is 5.91 Å². The molecule has 1 saturated heterocycles. The summed E-state index contributed by atoms with van der Waals surface area (Å²) < 4.78 is 0. The monoisotopic (exact) mass is 289 g/mol. The fourth-order valence-corrected chi connectivity index (χ4v) is 3.17. The van der Waals surface area contributed by atoms with Gasteiger partial charge < -0.3 is 10.2 Å². The van der Waals surface area contributed by atoms with Crippen LogP contribution in [0.5, 0.6) is 0 Å². The lowest BCUT2D eigenvalue weighted by Crippen LogP contribution is -2.32. The molecule has 0 spiro atoms. The maximum absolute atomic E-state index is 12.8. The number of amides is 1. The first-order valence-electron chi connectivity index (χ1n) is 8.09. The van der Waals surface area contributed by atoms with E-state index in [1.807, 2.05) is 24.9 Å². The number of nitrogens with zero attached hydrogens (tertiary/aromatic N) is 2. The number of hydrogen-bond acceptors (Lipinski definition) is 3. The second kappa shape index (κ2) is 7.43. The smallest absolute Gasteiger partial charge is 0.257 e. The fourth-order valence-electron chi connectivity index (χ4n) is 3.17. The zero-order valence-electron chi connectivity index (χ0n) is 13.5. The highest BCUT2D eigenvalue weighted by Crippen LogP contribution is 2.24. The Labute approximate surface area is 127 Å². The van der Waals surface area contributed by atoms with Gasteiger partial charge in [-0.15, -0.1) is 0 Å². The molecule has 4 heteroatoms. The molecule has 1 amide bonds. The molecule has 1 aliphatic heterocycles. The third-order valence-electron chi connectivity index (χ3n) is 4.37. The zero-order valence-corrected chi connectivity index (χ0v) is 13.5. The van der Waals surface area contributed by atoms with Crippen LogP contribution in [0.2, 0.25) is 0 Å². The number of hydrogen-bond donors (Lipinski definition) is 1. The summed E-state index contributed by atoms with van der Waals surface area (Å²) in [4.78, 5) is 19.0. The Morgan fingerprint density at radius 1 is 1.43 bits per heavy atom. The van der Waals surface area contributed by atoms with Gasteiger partial charge in [-0.25, -0.2) is 0 Å². The Bertz CT molecular complexity index is 487. The van der Waals surface area contributed by atoms with Crippen molar-refractivity contribution in [2.45, 2.75) is 46.0 Å². The van der Waals surface area contributed by atoms with Gasteiger partial charge >= 0.3 is 0 Å². The van der Waals surface area contributed by atoms with Crippen molar-refractivity contribution < 1.29 is 4.79 Å². The van der Waals surface area contributed by atoms with E-state index in [4.69, 9.17) is 0 Å². The molecular weight excluding hydrogens is 262 g/mol. The molecule has 0 saturated carbocycles. The van der Waals surface area contributed by atoms with Crippen molar-refractivity contribution in [1.29, 1.82) is 0 Å². The van der Waals surface area contributed by atoms with E-state index in [1.165, 1.54) is 19.3 Å². The van der Waals surface area contributed by atoms with Crippen molar-refractivity contribution in [3.63, 3.8) is 0 Å². The van der Waals surface area contributed by atoms with E-state index in [9.17, 15) is 4.79 Å². The van der Waals surface area contributed by atoms with Crippen LogP contribution in [0.3, 0.4) is 0 Å². The summed E-state index contributed by atoms with van der Waals surface area (Å²) in [7, 11) is 1.85. The highest BCUT2D eigenvalue weighted by Gasteiger charge is 2.23. The van der Waals surface area contributed by atoms with E-state index < -0.39 is 0 Å². The predicted octanol–water partition coefficient (Wildman–Crippen LogP) is 3.47. The normalized spacial score (nSPS) is 19.2. The molecule has 21 heavy (non-hydrogen) atoms. The lowest BCUT2D eigenvalue weighted by atomic mass is 9.96. The molecule has 0 radical (unpaired) electrons. The lowest BCUT2D eigenvalue weighted by Gasteiger charge is -2.22. The summed E-state index contributed by atoms with van der Waals surface area (Å²) in [6.07, 6.45) is 7.74. The third-order valence-corrected chi connectivity index (χ3v) is 4.37. The van der Waals surface area contributed by atoms with Crippen LogP contribution in [-0.4, -0.2) is 35.9 Å². The van der Waals surface area contributed by atoms with Gasteiger partial charge in [0.05, 0.1) is 11.3 Å². The average Bonchev–Trinajstić information content (AvgIpc) is 2.72. The second-order valence-electron chi connectivity index (χ2n) is 6.00.